The molecule has 1 saturated heterocycles. The molecule has 6 nitrogen and oxygen atoms in total. The number of hydrogen-bond donors (Lipinski definition) is 2. The fourth-order valence-corrected chi connectivity index (χ4v) is 3.35. The van der Waals surface area contributed by atoms with Crippen LogP contribution in [0.4, 0.5) is 0 Å². The number of aromatic amines is 2. The average molecular weight is 292 g/mol. The molecule has 1 aliphatic heterocycles. The van der Waals surface area contributed by atoms with Crippen LogP contribution in [0.3, 0.4) is 0 Å². The number of likely N-dealkylation sites (tertiary alicyclic amines) is 1. The Morgan fingerprint density at radius 2 is 2.35 bits per heavy atom. The van der Waals surface area contributed by atoms with Crippen LogP contribution in [0.5, 0.6) is 0 Å². The van der Waals surface area contributed by atoms with Crippen LogP contribution < -0.4 is 5.69 Å². The van der Waals surface area contributed by atoms with Crippen molar-refractivity contribution in [2.24, 2.45) is 0 Å². The Bertz CT molecular complexity index is 672. The quantitative estimate of drug-likeness (QED) is 0.886. The summed E-state index contributed by atoms with van der Waals surface area (Å²) in [6.07, 6.45) is 2.85. The van der Waals surface area contributed by atoms with E-state index < -0.39 is 0 Å². The molecule has 0 bridgehead atoms. The summed E-state index contributed by atoms with van der Waals surface area (Å²) < 4.78 is 0. The lowest BCUT2D eigenvalue weighted by atomic mass is 10.0. The van der Waals surface area contributed by atoms with Crippen molar-refractivity contribution in [2.45, 2.75) is 32.2 Å². The van der Waals surface area contributed by atoms with Crippen molar-refractivity contribution in [1.29, 1.82) is 0 Å². The van der Waals surface area contributed by atoms with Gasteiger partial charge in [0.25, 0.3) is 5.91 Å². The second kappa shape index (κ2) is 5.24. The van der Waals surface area contributed by atoms with Crippen molar-refractivity contribution in [3.63, 3.8) is 0 Å². The number of piperidine rings is 1. The molecular weight excluding hydrogens is 276 g/mol. The zero-order valence-corrected chi connectivity index (χ0v) is 12.0. The third-order valence-electron chi connectivity index (χ3n) is 3.69. The van der Waals surface area contributed by atoms with Crippen molar-refractivity contribution < 1.29 is 4.79 Å². The number of H-pyrrole nitrogens is 2. The monoisotopic (exact) mass is 292 g/mol. The molecule has 2 N–H and O–H groups in total. The highest BCUT2D eigenvalue weighted by Crippen LogP contribution is 2.30. The second-order valence-electron chi connectivity index (χ2n) is 4.96. The van der Waals surface area contributed by atoms with Gasteiger partial charge in [-0.1, -0.05) is 0 Å². The minimum absolute atomic E-state index is 0.0253. The highest BCUT2D eigenvalue weighted by molar-refractivity contribution is 7.10. The van der Waals surface area contributed by atoms with Gasteiger partial charge in [-0.15, -0.1) is 11.3 Å². The lowest BCUT2D eigenvalue weighted by Gasteiger charge is -2.34. The number of carbonyl (C=O) groups excluding carboxylic acids is 1. The van der Waals surface area contributed by atoms with Gasteiger partial charge in [0.2, 0.25) is 0 Å². The first-order valence-electron chi connectivity index (χ1n) is 6.66. The molecule has 0 aromatic carbocycles. The van der Waals surface area contributed by atoms with Gasteiger partial charge in [0.15, 0.2) is 5.82 Å². The van der Waals surface area contributed by atoms with Crippen molar-refractivity contribution in [3.8, 4) is 0 Å². The predicted octanol–water partition coefficient (Wildman–Crippen LogP) is 1.84. The Balaban J connectivity index is 1.91. The largest absolute Gasteiger partial charge is 0.340 e. The van der Waals surface area contributed by atoms with Crippen LogP contribution in [0.25, 0.3) is 0 Å². The lowest BCUT2D eigenvalue weighted by Crippen LogP contribution is -2.39. The maximum atomic E-state index is 12.7. The van der Waals surface area contributed by atoms with Gasteiger partial charge in [0.05, 0.1) is 11.6 Å². The van der Waals surface area contributed by atoms with Gasteiger partial charge >= 0.3 is 5.69 Å². The highest BCUT2D eigenvalue weighted by atomic mass is 32.1. The van der Waals surface area contributed by atoms with E-state index in [9.17, 15) is 9.59 Å². The zero-order valence-electron chi connectivity index (χ0n) is 11.2. The molecule has 3 rings (SSSR count). The molecule has 2 aromatic heterocycles. The van der Waals surface area contributed by atoms with Gasteiger partial charge in [0.1, 0.15) is 0 Å². The minimum Gasteiger partial charge on any atom is -0.328 e. The fraction of sp³-hybridized carbons (Fsp3) is 0.462. The number of aromatic nitrogens is 3. The van der Waals surface area contributed by atoms with E-state index in [1.165, 1.54) is 0 Å². The first-order valence-corrected chi connectivity index (χ1v) is 7.54. The smallest absolute Gasteiger partial charge is 0.328 e. The first kappa shape index (κ1) is 13.1. The van der Waals surface area contributed by atoms with Crippen molar-refractivity contribution in [3.05, 3.63) is 38.2 Å². The molecule has 0 aliphatic carbocycles. The standard InChI is InChI=1S/C13H16N4O2S/c1-8-9(5-7-20-8)12(18)17-6-3-2-4-10(17)11-14-13(19)16-15-11/h5,7,10H,2-4,6H2,1H3,(H2,14,15,16,19)/t10-/m1/s1. The van der Waals surface area contributed by atoms with E-state index in [4.69, 9.17) is 0 Å². The molecule has 1 fully saturated rings. The van der Waals surface area contributed by atoms with Crippen LogP contribution >= 0.6 is 11.3 Å². The SMILES string of the molecule is Cc1sccc1C(=O)N1CCCC[C@@H]1c1n[nH]c(=O)[nH]1. The van der Waals surface area contributed by atoms with Crippen molar-refractivity contribution >= 4 is 17.2 Å². The summed E-state index contributed by atoms with van der Waals surface area (Å²) in [6.45, 7) is 2.65. The molecule has 2 aromatic rings. The predicted molar refractivity (Wildman–Crippen MR) is 75.9 cm³/mol. The Morgan fingerprint density at radius 1 is 1.50 bits per heavy atom. The summed E-state index contributed by atoms with van der Waals surface area (Å²) in [7, 11) is 0. The Kier molecular flexibility index (Phi) is 3.43. The molecule has 1 aliphatic rings. The summed E-state index contributed by atoms with van der Waals surface area (Å²) in [6, 6.07) is 1.72. The minimum atomic E-state index is -0.329. The van der Waals surface area contributed by atoms with Crippen LogP contribution in [-0.4, -0.2) is 32.5 Å². The number of hydrogen-bond acceptors (Lipinski definition) is 4. The number of nitrogens with zero attached hydrogens (tertiary/aromatic N) is 2. The van der Waals surface area contributed by atoms with Gasteiger partial charge in [-0.25, -0.2) is 9.89 Å². The van der Waals surface area contributed by atoms with E-state index in [1.807, 2.05) is 23.3 Å². The van der Waals surface area contributed by atoms with Gasteiger partial charge in [-0.2, -0.15) is 5.10 Å². The van der Waals surface area contributed by atoms with Gasteiger partial charge < -0.3 is 4.90 Å². The molecule has 0 saturated carbocycles. The molecule has 7 heteroatoms. The van der Waals surface area contributed by atoms with E-state index in [2.05, 4.69) is 15.2 Å². The van der Waals surface area contributed by atoms with Crippen LogP contribution in [-0.2, 0) is 0 Å². The third kappa shape index (κ3) is 2.29. The zero-order chi connectivity index (χ0) is 14.1. The topological polar surface area (TPSA) is 81.8 Å². The summed E-state index contributed by atoms with van der Waals surface area (Å²) in [5.74, 6) is 0.577. The Labute approximate surface area is 119 Å². The number of carbonyl (C=O) groups is 1. The number of aryl methyl sites for hydroxylation is 1. The number of amides is 1. The molecule has 0 spiro atoms. The molecule has 20 heavy (non-hydrogen) atoms. The van der Waals surface area contributed by atoms with E-state index in [0.29, 0.717) is 12.4 Å². The van der Waals surface area contributed by atoms with E-state index in [0.717, 1.165) is 29.7 Å². The third-order valence-corrected chi connectivity index (χ3v) is 4.53. The molecule has 0 unspecified atom stereocenters. The van der Waals surface area contributed by atoms with Crippen LogP contribution in [0, 0.1) is 6.92 Å². The second-order valence-corrected chi connectivity index (χ2v) is 6.08. The molecule has 0 radical (unpaired) electrons. The molecule has 1 amide bonds. The van der Waals surface area contributed by atoms with Gasteiger partial charge in [-0.3, -0.25) is 9.78 Å². The summed E-state index contributed by atoms with van der Waals surface area (Å²) in [5, 5.41) is 8.29. The maximum Gasteiger partial charge on any atom is 0.340 e. The van der Waals surface area contributed by atoms with Crippen molar-refractivity contribution in [2.75, 3.05) is 6.54 Å². The van der Waals surface area contributed by atoms with Crippen LogP contribution in [0.2, 0.25) is 0 Å². The van der Waals surface area contributed by atoms with E-state index >= 15 is 0 Å². The average Bonchev–Trinajstić information content (AvgIpc) is 3.07. The summed E-state index contributed by atoms with van der Waals surface area (Å²) >= 11 is 1.57. The van der Waals surface area contributed by atoms with Crippen molar-refractivity contribution in [1.82, 2.24) is 20.1 Å². The first-order chi connectivity index (χ1) is 9.66. The molecular formula is C13H16N4O2S. The highest BCUT2D eigenvalue weighted by Gasteiger charge is 2.31. The van der Waals surface area contributed by atoms with Crippen LogP contribution in [0.15, 0.2) is 16.2 Å². The van der Waals surface area contributed by atoms with Gasteiger partial charge in [-0.05, 0) is 37.6 Å². The summed E-state index contributed by atoms with van der Waals surface area (Å²) in [5.41, 5.74) is 0.421. The maximum absolute atomic E-state index is 12.7. The summed E-state index contributed by atoms with van der Waals surface area (Å²) in [4.78, 5) is 29.4. The lowest BCUT2D eigenvalue weighted by molar-refractivity contribution is 0.0600. The van der Waals surface area contributed by atoms with Gasteiger partial charge in [0, 0.05) is 11.4 Å². The number of rotatable bonds is 2. The Hall–Kier alpha value is -1.89. The molecule has 106 valence electrons. The fourth-order valence-electron chi connectivity index (χ4n) is 2.66. The normalized spacial score (nSPS) is 19.2. The molecule has 3 heterocycles. The van der Waals surface area contributed by atoms with E-state index in [-0.39, 0.29) is 17.6 Å². The Morgan fingerprint density at radius 3 is 3.00 bits per heavy atom. The molecule has 1 atom stereocenters. The number of thiophene rings is 1. The van der Waals surface area contributed by atoms with E-state index in [1.54, 1.807) is 11.3 Å². The van der Waals surface area contributed by atoms with Crippen LogP contribution in [0.1, 0.15) is 46.4 Å². The number of nitrogens with one attached hydrogen (secondary N) is 2.